The van der Waals surface area contributed by atoms with E-state index in [-0.39, 0.29) is 29.0 Å². The largest absolute Gasteiger partial charge is 0.467 e. The number of rotatable bonds is 6. The van der Waals surface area contributed by atoms with E-state index in [2.05, 4.69) is 25.1 Å². The number of nitrogens with two attached hydrogens (primary N) is 1. The zero-order valence-electron chi connectivity index (χ0n) is 19.0. The third-order valence-electron chi connectivity index (χ3n) is 5.76. The van der Waals surface area contributed by atoms with Crippen molar-refractivity contribution in [3.05, 3.63) is 65.9 Å². The minimum atomic E-state index is -1.08. The molecule has 1 fully saturated rings. The molecule has 1 saturated heterocycles. The van der Waals surface area contributed by atoms with Gasteiger partial charge in [-0.1, -0.05) is 35.4 Å². The van der Waals surface area contributed by atoms with Crippen molar-refractivity contribution in [3.63, 3.8) is 0 Å². The van der Waals surface area contributed by atoms with Gasteiger partial charge in [-0.05, 0) is 17.7 Å². The number of methoxy groups -OCH3 is 1. The number of anilines is 1. The predicted molar refractivity (Wildman–Crippen MR) is 125 cm³/mol. The second-order valence-corrected chi connectivity index (χ2v) is 7.99. The summed E-state index contributed by atoms with van der Waals surface area (Å²) in [5.41, 5.74) is 8.67. The highest BCUT2D eigenvalue weighted by molar-refractivity contribution is 5.70. The molecule has 4 aromatic rings. The van der Waals surface area contributed by atoms with Crippen molar-refractivity contribution in [2.45, 2.75) is 6.54 Å². The zero-order valence-corrected chi connectivity index (χ0v) is 19.0. The molecule has 0 spiro atoms. The van der Waals surface area contributed by atoms with Crippen LogP contribution in [0.1, 0.15) is 5.56 Å². The van der Waals surface area contributed by atoms with Gasteiger partial charge in [-0.15, -0.1) is 5.10 Å². The first kappa shape index (κ1) is 22.8. The van der Waals surface area contributed by atoms with Crippen LogP contribution in [0.3, 0.4) is 0 Å². The molecule has 0 amide bonds. The van der Waals surface area contributed by atoms with Crippen LogP contribution >= 0.6 is 0 Å². The molecule has 0 saturated carbocycles. The van der Waals surface area contributed by atoms with Crippen LogP contribution in [0.25, 0.3) is 28.5 Å². The Hall–Kier alpha value is -3.96. The summed E-state index contributed by atoms with van der Waals surface area (Å²) in [5, 5.41) is 8.01. The van der Waals surface area contributed by atoms with E-state index in [1.165, 1.54) is 29.4 Å². The number of morpholine rings is 1. The van der Waals surface area contributed by atoms with Crippen molar-refractivity contribution >= 4 is 5.82 Å². The number of aromatic nitrogens is 5. The number of benzene rings is 2. The zero-order chi connectivity index (χ0) is 24.4. The summed E-state index contributed by atoms with van der Waals surface area (Å²) in [6, 6.07) is 11.7. The minimum absolute atomic E-state index is 0.0523. The van der Waals surface area contributed by atoms with E-state index in [0.29, 0.717) is 5.69 Å². The lowest BCUT2D eigenvalue weighted by atomic mass is 10.1. The van der Waals surface area contributed by atoms with Gasteiger partial charge in [0, 0.05) is 25.2 Å². The van der Waals surface area contributed by atoms with E-state index < -0.39 is 11.6 Å². The van der Waals surface area contributed by atoms with Gasteiger partial charge >= 0.3 is 6.01 Å². The SMILES string of the molecule is COc1nnc(-c2nc(-c3ccc(CN4CCOCC4)cc3)cnc2N)n1-c1cccc(F)c1F. The summed E-state index contributed by atoms with van der Waals surface area (Å²) in [4.78, 5) is 11.2. The first-order chi connectivity index (χ1) is 17.0. The molecule has 3 heterocycles. The minimum Gasteiger partial charge on any atom is -0.467 e. The fourth-order valence-corrected chi connectivity index (χ4v) is 3.94. The lowest BCUT2D eigenvalue weighted by Gasteiger charge is -2.26. The van der Waals surface area contributed by atoms with E-state index in [4.69, 9.17) is 15.2 Å². The first-order valence-electron chi connectivity index (χ1n) is 11.0. The van der Waals surface area contributed by atoms with Crippen molar-refractivity contribution in [2.24, 2.45) is 0 Å². The van der Waals surface area contributed by atoms with Gasteiger partial charge in [-0.25, -0.2) is 23.3 Å². The Kier molecular flexibility index (Phi) is 6.34. The number of hydrogen-bond donors (Lipinski definition) is 1. The maximum atomic E-state index is 14.6. The maximum absolute atomic E-state index is 14.6. The fourth-order valence-electron chi connectivity index (χ4n) is 3.94. The molecule has 0 aliphatic carbocycles. The summed E-state index contributed by atoms with van der Waals surface area (Å²) in [6.07, 6.45) is 1.55. The van der Waals surface area contributed by atoms with Gasteiger partial charge in [0.1, 0.15) is 0 Å². The molecule has 11 heteroatoms. The van der Waals surface area contributed by atoms with Crippen LogP contribution in [0.5, 0.6) is 6.01 Å². The molecule has 2 aromatic carbocycles. The summed E-state index contributed by atoms with van der Waals surface area (Å²) < 4.78 is 40.4. The molecular weight excluding hydrogens is 456 g/mol. The van der Waals surface area contributed by atoms with Gasteiger partial charge in [-0.3, -0.25) is 4.90 Å². The highest BCUT2D eigenvalue weighted by Gasteiger charge is 2.24. The van der Waals surface area contributed by atoms with E-state index in [1.807, 2.05) is 24.3 Å². The lowest BCUT2D eigenvalue weighted by Crippen LogP contribution is -2.35. The Labute approximate surface area is 200 Å². The Bertz CT molecular complexity index is 1340. The van der Waals surface area contributed by atoms with Crippen LogP contribution in [0.2, 0.25) is 0 Å². The van der Waals surface area contributed by atoms with Gasteiger partial charge in [0.2, 0.25) is 0 Å². The molecule has 9 nitrogen and oxygen atoms in total. The van der Waals surface area contributed by atoms with E-state index >= 15 is 0 Å². The molecule has 1 aliphatic heterocycles. The van der Waals surface area contributed by atoms with E-state index in [0.717, 1.165) is 44.5 Å². The molecule has 5 rings (SSSR count). The Morgan fingerprint density at radius 2 is 1.83 bits per heavy atom. The Morgan fingerprint density at radius 3 is 2.57 bits per heavy atom. The number of hydrogen-bond acceptors (Lipinski definition) is 8. The van der Waals surface area contributed by atoms with Crippen LogP contribution in [0, 0.1) is 11.6 Å². The van der Waals surface area contributed by atoms with Crippen molar-refractivity contribution < 1.29 is 18.3 Å². The number of nitrogens with zero attached hydrogens (tertiary/aromatic N) is 6. The van der Waals surface area contributed by atoms with Gasteiger partial charge in [0.15, 0.2) is 29.0 Å². The molecule has 0 unspecified atom stereocenters. The van der Waals surface area contributed by atoms with Gasteiger partial charge < -0.3 is 15.2 Å². The predicted octanol–water partition coefficient (Wildman–Crippen LogP) is 3.09. The van der Waals surface area contributed by atoms with Crippen LogP contribution in [-0.4, -0.2) is 63.0 Å². The molecular formula is C24H23F2N7O2. The summed E-state index contributed by atoms with van der Waals surface area (Å²) in [6.45, 7) is 4.15. The highest BCUT2D eigenvalue weighted by atomic mass is 19.2. The number of halogens is 2. The smallest absolute Gasteiger partial charge is 0.321 e. The third kappa shape index (κ3) is 4.55. The molecule has 0 radical (unpaired) electrons. The molecule has 2 N–H and O–H groups in total. The summed E-state index contributed by atoms with van der Waals surface area (Å²) in [5.74, 6) is -1.97. The maximum Gasteiger partial charge on any atom is 0.321 e. The molecule has 180 valence electrons. The quantitative estimate of drug-likeness (QED) is 0.450. The van der Waals surface area contributed by atoms with Crippen molar-refractivity contribution in [2.75, 3.05) is 39.1 Å². The lowest BCUT2D eigenvalue weighted by molar-refractivity contribution is 0.0342. The highest BCUT2D eigenvalue weighted by Crippen LogP contribution is 2.31. The Balaban J connectivity index is 1.50. The van der Waals surface area contributed by atoms with Gasteiger partial charge in [0.25, 0.3) is 0 Å². The molecule has 35 heavy (non-hydrogen) atoms. The van der Waals surface area contributed by atoms with Crippen molar-refractivity contribution in [1.82, 2.24) is 29.6 Å². The van der Waals surface area contributed by atoms with E-state index in [9.17, 15) is 8.78 Å². The van der Waals surface area contributed by atoms with Crippen LogP contribution in [0.4, 0.5) is 14.6 Å². The molecule has 1 aliphatic rings. The second-order valence-electron chi connectivity index (χ2n) is 7.99. The monoisotopic (exact) mass is 479 g/mol. The fraction of sp³-hybridized carbons (Fsp3) is 0.250. The van der Waals surface area contributed by atoms with E-state index in [1.54, 1.807) is 6.20 Å². The van der Waals surface area contributed by atoms with Crippen molar-refractivity contribution in [3.8, 4) is 34.5 Å². The number of nitrogen functional groups attached to an aromatic ring is 1. The Morgan fingerprint density at radius 1 is 1.06 bits per heavy atom. The first-order valence-corrected chi connectivity index (χ1v) is 11.0. The van der Waals surface area contributed by atoms with Crippen LogP contribution in [-0.2, 0) is 11.3 Å². The summed E-state index contributed by atoms with van der Waals surface area (Å²) in [7, 11) is 1.35. The average Bonchev–Trinajstić information content (AvgIpc) is 3.31. The van der Waals surface area contributed by atoms with Crippen molar-refractivity contribution in [1.29, 1.82) is 0 Å². The summed E-state index contributed by atoms with van der Waals surface area (Å²) >= 11 is 0. The average molecular weight is 479 g/mol. The van der Waals surface area contributed by atoms with Gasteiger partial charge in [-0.2, -0.15) is 0 Å². The van der Waals surface area contributed by atoms with Crippen LogP contribution in [0.15, 0.2) is 48.7 Å². The molecule has 2 aromatic heterocycles. The second kappa shape index (κ2) is 9.72. The normalized spacial score (nSPS) is 14.3. The topological polar surface area (TPSA) is 104 Å². The van der Waals surface area contributed by atoms with Gasteiger partial charge in [0.05, 0.1) is 37.9 Å². The standard InChI is InChI=1S/C24H23F2N7O2/c1-34-24-31-30-23(33(24)19-4-2-3-17(25)20(19)26)21-22(27)28-13-18(29-21)16-7-5-15(6-8-16)14-32-9-11-35-12-10-32/h2-8,13H,9-12,14H2,1H3,(H2,27,28). The molecule has 0 atom stereocenters. The van der Waals surface area contributed by atoms with Crippen LogP contribution < -0.4 is 10.5 Å². The number of ether oxygens (including phenoxy) is 2. The molecule has 0 bridgehead atoms. The third-order valence-corrected chi connectivity index (χ3v) is 5.76.